The van der Waals surface area contributed by atoms with Crippen LogP contribution in [0, 0.1) is 0 Å². The van der Waals surface area contributed by atoms with Crippen molar-refractivity contribution in [3.63, 3.8) is 0 Å². The summed E-state index contributed by atoms with van der Waals surface area (Å²) in [6, 6.07) is 8.64. The first-order valence-corrected chi connectivity index (χ1v) is 13.6. The summed E-state index contributed by atoms with van der Waals surface area (Å²) < 4.78 is 18.7. The van der Waals surface area contributed by atoms with E-state index >= 15 is 0 Å². The molecule has 34 heavy (non-hydrogen) atoms. The summed E-state index contributed by atoms with van der Waals surface area (Å²) >= 11 is 1.55. The topological polar surface area (TPSA) is 84.0 Å². The Morgan fingerprint density at radius 1 is 1.06 bits per heavy atom. The van der Waals surface area contributed by atoms with Gasteiger partial charge in [0.1, 0.15) is 17.3 Å². The molecule has 0 saturated heterocycles. The van der Waals surface area contributed by atoms with Gasteiger partial charge in [0.15, 0.2) is 0 Å². The van der Waals surface area contributed by atoms with Crippen LogP contribution in [0.4, 0.5) is 5.69 Å². The standard InChI is InChI=1S/C16H14N2O4S2.C5H12O.2C2H6/c1-24(22)18(10-12-3-2-8-23-12)11-4-5-13-14(9-11)16(21)17(6-7-19)15(13)20;1-5(2,3)6-4;2*1-2/h2-5,7-9H,6,10H2,1H3;1-4H3;2*1-2H3. The van der Waals surface area contributed by atoms with Gasteiger partial charge in [-0.15, -0.1) is 11.3 Å². The Labute approximate surface area is 210 Å². The highest BCUT2D eigenvalue weighted by atomic mass is 32.2. The van der Waals surface area contributed by atoms with Crippen molar-refractivity contribution in [1.29, 1.82) is 0 Å². The van der Waals surface area contributed by atoms with E-state index in [0.29, 0.717) is 18.5 Å². The molecular formula is C25H38N2O5S2. The number of imide groups is 1. The zero-order valence-corrected chi connectivity index (χ0v) is 23.3. The molecule has 1 atom stereocenters. The molecule has 0 N–H and O–H groups in total. The number of hydrogen-bond donors (Lipinski definition) is 0. The summed E-state index contributed by atoms with van der Waals surface area (Å²) in [4.78, 5) is 37.1. The molecule has 1 unspecified atom stereocenters. The molecule has 2 aromatic rings. The van der Waals surface area contributed by atoms with Gasteiger partial charge in [-0.2, -0.15) is 0 Å². The highest BCUT2D eigenvalue weighted by Crippen LogP contribution is 2.29. The third kappa shape index (κ3) is 9.12. The van der Waals surface area contributed by atoms with Crippen molar-refractivity contribution >= 4 is 46.1 Å². The Morgan fingerprint density at radius 3 is 2.06 bits per heavy atom. The zero-order chi connectivity index (χ0) is 26.5. The van der Waals surface area contributed by atoms with Gasteiger partial charge in [-0.1, -0.05) is 33.8 Å². The number of hydrogen-bond acceptors (Lipinski definition) is 6. The molecule has 0 radical (unpaired) electrons. The number of nitrogens with zero attached hydrogens (tertiary/aromatic N) is 2. The van der Waals surface area contributed by atoms with Gasteiger partial charge in [0.2, 0.25) is 0 Å². The molecule has 2 heterocycles. The Bertz CT molecular complexity index is 937. The first-order valence-electron chi connectivity index (χ1n) is 11.2. The number of amides is 2. The molecule has 7 nitrogen and oxygen atoms in total. The molecule has 1 aliphatic heterocycles. The zero-order valence-electron chi connectivity index (χ0n) is 21.7. The maximum atomic E-state index is 12.3. The largest absolute Gasteiger partial charge is 0.379 e. The van der Waals surface area contributed by atoms with Crippen LogP contribution in [0.2, 0.25) is 0 Å². The number of carbonyl (C=O) groups is 3. The molecule has 9 heteroatoms. The number of ether oxygens (including phenoxy) is 1. The lowest BCUT2D eigenvalue weighted by Gasteiger charge is -2.21. The lowest BCUT2D eigenvalue weighted by Crippen LogP contribution is -2.31. The fourth-order valence-corrected chi connectivity index (χ4v) is 4.05. The molecule has 1 aromatic heterocycles. The number of rotatable bonds is 6. The third-order valence-electron chi connectivity index (χ3n) is 4.30. The number of benzene rings is 1. The van der Waals surface area contributed by atoms with Crippen molar-refractivity contribution in [1.82, 2.24) is 4.90 Å². The number of thiophene rings is 1. The minimum absolute atomic E-state index is 0.0417. The SMILES string of the molecule is CC.CC.COC(C)(C)C.CS(=O)N(Cc1cccs1)c1ccc2c(c1)C(=O)N(CC=O)C2=O. The van der Waals surface area contributed by atoms with E-state index < -0.39 is 22.8 Å². The van der Waals surface area contributed by atoms with Gasteiger partial charge < -0.3 is 9.53 Å². The fourth-order valence-electron chi connectivity index (χ4n) is 2.55. The molecule has 0 spiro atoms. The third-order valence-corrected chi connectivity index (χ3v) is 6.12. The van der Waals surface area contributed by atoms with Crippen molar-refractivity contribution in [3.05, 3.63) is 51.7 Å². The number of anilines is 1. The predicted molar refractivity (Wildman–Crippen MR) is 142 cm³/mol. The summed E-state index contributed by atoms with van der Waals surface area (Å²) in [5.74, 6) is -0.974. The smallest absolute Gasteiger partial charge is 0.262 e. The van der Waals surface area contributed by atoms with E-state index in [4.69, 9.17) is 4.74 Å². The van der Waals surface area contributed by atoms with Crippen LogP contribution in [0.3, 0.4) is 0 Å². The molecule has 0 saturated carbocycles. The molecule has 0 fully saturated rings. The molecule has 1 aromatic carbocycles. The van der Waals surface area contributed by atoms with Gasteiger partial charge in [-0.25, -0.2) is 4.21 Å². The summed E-state index contributed by atoms with van der Waals surface area (Å²) in [6.07, 6.45) is 2.08. The van der Waals surface area contributed by atoms with Gasteiger partial charge in [0, 0.05) is 18.2 Å². The van der Waals surface area contributed by atoms with Crippen molar-refractivity contribution < 1.29 is 23.3 Å². The van der Waals surface area contributed by atoms with Gasteiger partial charge in [-0.3, -0.25) is 18.8 Å². The van der Waals surface area contributed by atoms with E-state index in [0.717, 1.165) is 9.78 Å². The van der Waals surface area contributed by atoms with Crippen LogP contribution in [-0.4, -0.2) is 52.7 Å². The predicted octanol–water partition coefficient (Wildman–Crippen LogP) is 5.33. The van der Waals surface area contributed by atoms with Crippen molar-refractivity contribution in [2.24, 2.45) is 0 Å². The number of fused-ring (bicyclic) bond motifs is 1. The van der Waals surface area contributed by atoms with Crippen LogP contribution in [-0.2, 0) is 27.1 Å². The van der Waals surface area contributed by atoms with Crippen molar-refractivity contribution in [3.8, 4) is 0 Å². The molecule has 190 valence electrons. The van der Waals surface area contributed by atoms with Gasteiger partial charge >= 0.3 is 0 Å². The monoisotopic (exact) mass is 510 g/mol. The lowest BCUT2D eigenvalue weighted by atomic mass is 10.1. The molecule has 2 amide bonds. The first kappa shape index (κ1) is 31.6. The average Bonchev–Trinajstić information content (AvgIpc) is 3.43. The second-order valence-corrected chi connectivity index (χ2v) is 9.79. The summed E-state index contributed by atoms with van der Waals surface area (Å²) in [5, 5.41) is 1.94. The normalized spacial score (nSPS) is 12.8. The van der Waals surface area contributed by atoms with Crippen molar-refractivity contribution in [2.45, 2.75) is 60.6 Å². The number of carbonyl (C=O) groups excluding carboxylic acids is 3. The van der Waals surface area contributed by atoms with E-state index in [-0.39, 0.29) is 23.3 Å². The number of aldehydes is 1. The van der Waals surface area contributed by atoms with Crippen LogP contribution in [0.15, 0.2) is 35.7 Å². The van der Waals surface area contributed by atoms with Crippen LogP contribution in [0.25, 0.3) is 0 Å². The molecular weight excluding hydrogens is 472 g/mol. The lowest BCUT2D eigenvalue weighted by molar-refractivity contribution is -0.108. The minimum Gasteiger partial charge on any atom is -0.379 e. The van der Waals surface area contributed by atoms with E-state index in [1.807, 2.05) is 66.0 Å². The second-order valence-electron chi connectivity index (χ2n) is 7.47. The van der Waals surface area contributed by atoms with Crippen LogP contribution < -0.4 is 4.31 Å². The second kappa shape index (κ2) is 15.5. The first-order chi connectivity index (χ1) is 16.1. The minimum atomic E-state index is -1.29. The van der Waals surface area contributed by atoms with Crippen molar-refractivity contribution in [2.75, 3.05) is 24.2 Å². The Kier molecular flexibility index (Phi) is 14.4. The number of methoxy groups -OCH3 is 1. The quantitative estimate of drug-likeness (QED) is 0.388. The Hall–Kier alpha value is -2.36. The average molecular weight is 511 g/mol. The van der Waals surface area contributed by atoms with E-state index in [2.05, 4.69) is 0 Å². The maximum Gasteiger partial charge on any atom is 0.262 e. The van der Waals surface area contributed by atoms with Crippen LogP contribution in [0.1, 0.15) is 74.1 Å². The Balaban J connectivity index is 0.000000938. The van der Waals surface area contributed by atoms with E-state index in [1.54, 1.807) is 47.2 Å². The highest BCUT2D eigenvalue weighted by molar-refractivity contribution is 7.85. The van der Waals surface area contributed by atoms with Gasteiger partial charge in [-0.05, 0) is 50.4 Å². The van der Waals surface area contributed by atoms with Crippen LogP contribution in [0.5, 0.6) is 0 Å². The molecule has 1 aliphatic rings. The molecule has 0 bridgehead atoms. The van der Waals surface area contributed by atoms with Crippen LogP contribution >= 0.6 is 11.3 Å². The van der Waals surface area contributed by atoms with Gasteiger partial charge in [0.05, 0.1) is 35.5 Å². The molecule has 0 aliphatic carbocycles. The summed E-state index contributed by atoms with van der Waals surface area (Å²) in [6.45, 7) is 14.2. The van der Waals surface area contributed by atoms with E-state index in [9.17, 15) is 18.6 Å². The fraction of sp³-hybridized carbons (Fsp3) is 0.480. The maximum absolute atomic E-state index is 12.3. The molecule has 3 rings (SSSR count). The van der Waals surface area contributed by atoms with Gasteiger partial charge in [0.25, 0.3) is 11.8 Å². The summed E-state index contributed by atoms with van der Waals surface area (Å²) in [7, 11) is 0.415. The highest BCUT2D eigenvalue weighted by Gasteiger charge is 2.35. The Morgan fingerprint density at radius 2 is 1.62 bits per heavy atom. The van der Waals surface area contributed by atoms with E-state index in [1.165, 1.54) is 0 Å². The summed E-state index contributed by atoms with van der Waals surface area (Å²) in [5.41, 5.74) is 1.14.